The maximum Gasteiger partial charge on any atom is 0.271 e. The molecule has 0 unspecified atom stereocenters. The Bertz CT molecular complexity index is 826. The van der Waals surface area contributed by atoms with Gasteiger partial charge in [0.15, 0.2) is 17.3 Å². The minimum atomic E-state index is -0.212. The van der Waals surface area contributed by atoms with Crippen molar-refractivity contribution in [1.29, 1.82) is 0 Å². The summed E-state index contributed by atoms with van der Waals surface area (Å²) in [6, 6.07) is 10.5. The fourth-order valence-electron chi connectivity index (χ4n) is 3.02. The standard InChI is InChI=1S/C21H24N4O2/c1-15(26)17-7-9-18(10-8-17)23-20-12-11-19(24-25-20)21(27)22-14-13-16-5-3-2-4-6-16/h5,7-12H,2-4,6,13-14H2,1H3,(H,22,27)(H,23,25). The second-order valence-corrected chi connectivity index (χ2v) is 6.68. The Labute approximate surface area is 159 Å². The fourth-order valence-corrected chi connectivity index (χ4v) is 3.02. The molecule has 0 bridgehead atoms. The Morgan fingerprint density at radius 3 is 2.48 bits per heavy atom. The van der Waals surface area contributed by atoms with Crippen LogP contribution in [0.25, 0.3) is 0 Å². The highest BCUT2D eigenvalue weighted by atomic mass is 16.2. The van der Waals surface area contributed by atoms with Crippen molar-refractivity contribution in [3.63, 3.8) is 0 Å². The molecule has 1 amide bonds. The third-order valence-corrected chi connectivity index (χ3v) is 4.58. The molecule has 1 aromatic carbocycles. The van der Waals surface area contributed by atoms with Crippen LogP contribution in [0.15, 0.2) is 48.0 Å². The Kier molecular flexibility index (Phi) is 6.30. The van der Waals surface area contributed by atoms with Crippen LogP contribution in [-0.4, -0.2) is 28.4 Å². The van der Waals surface area contributed by atoms with Crippen molar-refractivity contribution in [3.8, 4) is 0 Å². The van der Waals surface area contributed by atoms with Gasteiger partial charge in [-0.15, -0.1) is 10.2 Å². The Morgan fingerprint density at radius 1 is 1.04 bits per heavy atom. The zero-order valence-corrected chi connectivity index (χ0v) is 15.5. The third-order valence-electron chi connectivity index (χ3n) is 4.58. The van der Waals surface area contributed by atoms with E-state index >= 15 is 0 Å². The van der Waals surface area contributed by atoms with Crippen LogP contribution in [0, 0.1) is 0 Å². The lowest BCUT2D eigenvalue weighted by Gasteiger charge is -2.12. The van der Waals surface area contributed by atoms with Gasteiger partial charge < -0.3 is 10.6 Å². The molecule has 140 valence electrons. The van der Waals surface area contributed by atoms with Crippen LogP contribution in [0.5, 0.6) is 0 Å². The van der Waals surface area contributed by atoms with Crippen LogP contribution < -0.4 is 10.6 Å². The molecule has 0 fully saturated rings. The summed E-state index contributed by atoms with van der Waals surface area (Å²) in [5.74, 6) is 0.349. The van der Waals surface area contributed by atoms with E-state index < -0.39 is 0 Å². The van der Waals surface area contributed by atoms with Crippen LogP contribution in [0.3, 0.4) is 0 Å². The highest BCUT2D eigenvalue weighted by molar-refractivity contribution is 5.94. The van der Waals surface area contributed by atoms with E-state index in [1.165, 1.54) is 25.3 Å². The predicted octanol–water partition coefficient (Wildman–Crippen LogP) is 4.04. The first-order chi connectivity index (χ1) is 13.1. The fraction of sp³-hybridized carbons (Fsp3) is 0.333. The van der Waals surface area contributed by atoms with Crippen LogP contribution in [0.1, 0.15) is 59.9 Å². The average Bonchev–Trinajstić information content (AvgIpc) is 2.70. The summed E-state index contributed by atoms with van der Waals surface area (Å²) in [5.41, 5.74) is 3.18. The first-order valence-corrected chi connectivity index (χ1v) is 9.30. The lowest BCUT2D eigenvalue weighted by Crippen LogP contribution is -2.26. The van der Waals surface area contributed by atoms with Gasteiger partial charge >= 0.3 is 0 Å². The highest BCUT2D eigenvalue weighted by Crippen LogP contribution is 2.19. The topological polar surface area (TPSA) is 84.0 Å². The summed E-state index contributed by atoms with van der Waals surface area (Å²) in [4.78, 5) is 23.5. The van der Waals surface area contributed by atoms with Gasteiger partial charge in [0.05, 0.1) is 0 Å². The lowest BCUT2D eigenvalue weighted by molar-refractivity contribution is 0.0947. The number of hydrogen-bond acceptors (Lipinski definition) is 5. The Balaban J connectivity index is 1.50. The molecule has 1 aliphatic rings. The normalized spacial score (nSPS) is 13.6. The largest absolute Gasteiger partial charge is 0.350 e. The number of aromatic nitrogens is 2. The number of benzene rings is 1. The molecule has 1 heterocycles. The molecule has 1 aromatic heterocycles. The van der Waals surface area contributed by atoms with E-state index in [0.29, 0.717) is 23.6 Å². The minimum Gasteiger partial charge on any atom is -0.350 e. The first-order valence-electron chi connectivity index (χ1n) is 9.30. The molecule has 27 heavy (non-hydrogen) atoms. The van der Waals surface area contributed by atoms with Gasteiger partial charge in [0.25, 0.3) is 5.91 Å². The van der Waals surface area contributed by atoms with E-state index in [-0.39, 0.29) is 11.7 Å². The molecular formula is C21H24N4O2. The molecule has 6 heteroatoms. The quantitative estimate of drug-likeness (QED) is 0.572. The SMILES string of the molecule is CC(=O)c1ccc(Nc2ccc(C(=O)NCCC3=CCCCC3)nn2)cc1. The number of nitrogens with one attached hydrogen (secondary N) is 2. The smallest absolute Gasteiger partial charge is 0.271 e. The molecule has 2 N–H and O–H groups in total. The van der Waals surface area contributed by atoms with Gasteiger partial charge in [-0.25, -0.2) is 0 Å². The number of rotatable bonds is 7. The van der Waals surface area contributed by atoms with Crippen molar-refractivity contribution in [2.24, 2.45) is 0 Å². The predicted molar refractivity (Wildman–Crippen MR) is 105 cm³/mol. The molecule has 6 nitrogen and oxygen atoms in total. The molecule has 0 saturated heterocycles. The molecule has 0 spiro atoms. The molecule has 1 aliphatic carbocycles. The van der Waals surface area contributed by atoms with Crippen molar-refractivity contribution in [3.05, 3.63) is 59.3 Å². The maximum atomic E-state index is 12.2. The third kappa shape index (κ3) is 5.48. The summed E-state index contributed by atoms with van der Waals surface area (Å²) in [6.07, 6.45) is 8.00. The number of amides is 1. The molecule has 3 rings (SSSR count). The van der Waals surface area contributed by atoms with Gasteiger partial charge in [-0.2, -0.15) is 0 Å². The number of hydrogen-bond donors (Lipinski definition) is 2. The van der Waals surface area contributed by atoms with Crippen molar-refractivity contribution < 1.29 is 9.59 Å². The highest BCUT2D eigenvalue weighted by Gasteiger charge is 2.09. The van der Waals surface area contributed by atoms with E-state index in [2.05, 4.69) is 26.9 Å². The van der Waals surface area contributed by atoms with Gasteiger partial charge in [-0.1, -0.05) is 11.6 Å². The number of nitrogens with zero attached hydrogens (tertiary/aromatic N) is 2. The van der Waals surface area contributed by atoms with Crippen LogP contribution in [0.4, 0.5) is 11.5 Å². The van der Waals surface area contributed by atoms with Crippen molar-refractivity contribution in [2.45, 2.75) is 39.0 Å². The second kappa shape index (κ2) is 9.07. The van der Waals surface area contributed by atoms with Crippen molar-refractivity contribution in [1.82, 2.24) is 15.5 Å². The van der Waals surface area contributed by atoms with E-state index in [1.807, 2.05) is 0 Å². The first kappa shape index (κ1) is 18.8. The van der Waals surface area contributed by atoms with Gasteiger partial charge in [-0.3, -0.25) is 9.59 Å². The molecule has 0 aliphatic heterocycles. The van der Waals surface area contributed by atoms with Gasteiger partial charge in [0.1, 0.15) is 0 Å². The molecule has 0 saturated carbocycles. The van der Waals surface area contributed by atoms with Crippen LogP contribution in [-0.2, 0) is 0 Å². The summed E-state index contributed by atoms with van der Waals surface area (Å²) in [7, 11) is 0. The number of carbonyl (C=O) groups is 2. The lowest BCUT2D eigenvalue weighted by atomic mass is 9.97. The number of ketones is 1. The van der Waals surface area contributed by atoms with Crippen molar-refractivity contribution in [2.75, 3.05) is 11.9 Å². The summed E-state index contributed by atoms with van der Waals surface area (Å²) in [6.45, 7) is 2.15. The Morgan fingerprint density at radius 2 is 1.85 bits per heavy atom. The number of Topliss-reactive ketones (excluding diaryl/α,β-unsaturated/α-hetero) is 1. The van der Waals surface area contributed by atoms with E-state index in [9.17, 15) is 9.59 Å². The Hall–Kier alpha value is -3.02. The number of allylic oxidation sites excluding steroid dienone is 1. The monoisotopic (exact) mass is 364 g/mol. The summed E-state index contributed by atoms with van der Waals surface area (Å²) >= 11 is 0. The van der Waals surface area contributed by atoms with Gasteiger partial charge in [-0.05, 0) is 75.4 Å². The minimum absolute atomic E-state index is 0.0245. The molecular weight excluding hydrogens is 340 g/mol. The second-order valence-electron chi connectivity index (χ2n) is 6.68. The van der Waals surface area contributed by atoms with Gasteiger partial charge in [0, 0.05) is 17.8 Å². The van der Waals surface area contributed by atoms with Crippen LogP contribution >= 0.6 is 0 Å². The van der Waals surface area contributed by atoms with Crippen LogP contribution in [0.2, 0.25) is 0 Å². The summed E-state index contributed by atoms with van der Waals surface area (Å²) < 4.78 is 0. The number of anilines is 2. The van der Waals surface area contributed by atoms with E-state index in [0.717, 1.165) is 24.9 Å². The zero-order chi connectivity index (χ0) is 19.1. The summed E-state index contributed by atoms with van der Waals surface area (Å²) in [5, 5.41) is 14.0. The average molecular weight is 364 g/mol. The molecule has 0 atom stereocenters. The zero-order valence-electron chi connectivity index (χ0n) is 15.5. The van der Waals surface area contributed by atoms with Gasteiger partial charge in [0.2, 0.25) is 0 Å². The van der Waals surface area contributed by atoms with Crippen molar-refractivity contribution >= 4 is 23.2 Å². The van der Waals surface area contributed by atoms with E-state index in [1.54, 1.807) is 36.4 Å². The van der Waals surface area contributed by atoms with E-state index in [4.69, 9.17) is 0 Å². The number of carbonyl (C=O) groups excluding carboxylic acids is 2. The molecule has 2 aromatic rings. The maximum absolute atomic E-state index is 12.2. The molecule has 0 radical (unpaired) electrons.